The molecule has 2 aromatic rings. The lowest BCUT2D eigenvalue weighted by molar-refractivity contribution is -0.164. The van der Waals surface area contributed by atoms with Crippen molar-refractivity contribution in [2.75, 3.05) is 7.11 Å². The van der Waals surface area contributed by atoms with Gasteiger partial charge in [-0.3, -0.25) is 4.79 Å². The van der Waals surface area contributed by atoms with E-state index in [0.29, 0.717) is 0 Å². The second kappa shape index (κ2) is 7.47. The number of hydrogen-bond donors (Lipinski definition) is 0. The zero-order chi connectivity index (χ0) is 20.4. The van der Waals surface area contributed by atoms with Gasteiger partial charge in [-0.15, -0.1) is 0 Å². The summed E-state index contributed by atoms with van der Waals surface area (Å²) < 4.78 is 5.14. The Labute approximate surface area is 165 Å². The SMILES string of the molecule is COC(=O)C1(C(C)(C)C#N)CC(c2ccccc2)C(=O)N1Cc1ccccc1. The molecule has 0 saturated carbocycles. The molecule has 2 unspecified atom stereocenters. The minimum atomic E-state index is -1.37. The summed E-state index contributed by atoms with van der Waals surface area (Å²) in [6, 6.07) is 21.1. The Morgan fingerprint density at radius 2 is 1.75 bits per heavy atom. The van der Waals surface area contributed by atoms with Crippen LogP contribution in [0.2, 0.25) is 0 Å². The largest absolute Gasteiger partial charge is 0.467 e. The van der Waals surface area contributed by atoms with E-state index in [1.54, 1.807) is 18.7 Å². The van der Waals surface area contributed by atoms with Crippen LogP contribution in [0.3, 0.4) is 0 Å². The summed E-state index contributed by atoms with van der Waals surface area (Å²) in [6.45, 7) is 3.63. The molecule has 1 aliphatic heterocycles. The molecular weight excluding hydrogens is 352 g/mol. The summed E-state index contributed by atoms with van der Waals surface area (Å²) in [5.41, 5.74) is -0.769. The number of hydrogen-bond acceptors (Lipinski definition) is 4. The van der Waals surface area contributed by atoms with Crippen molar-refractivity contribution in [1.82, 2.24) is 4.90 Å². The van der Waals surface area contributed by atoms with Crippen molar-refractivity contribution in [2.24, 2.45) is 5.41 Å². The zero-order valence-electron chi connectivity index (χ0n) is 16.4. The minimum Gasteiger partial charge on any atom is -0.467 e. The summed E-state index contributed by atoms with van der Waals surface area (Å²) >= 11 is 0. The van der Waals surface area contributed by atoms with Crippen molar-refractivity contribution >= 4 is 11.9 Å². The fourth-order valence-corrected chi connectivity index (χ4v) is 4.10. The monoisotopic (exact) mass is 376 g/mol. The first-order valence-corrected chi connectivity index (χ1v) is 9.27. The van der Waals surface area contributed by atoms with Gasteiger partial charge in [-0.1, -0.05) is 60.7 Å². The van der Waals surface area contributed by atoms with Gasteiger partial charge in [0.1, 0.15) is 0 Å². The fraction of sp³-hybridized carbons (Fsp3) is 0.348. The summed E-state index contributed by atoms with van der Waals surface area (Å²) in [5, 5.41) is 9.90. The van der Waals surface area contributed by atoms with Crippen LogP contribution in [0.25, 0.3) is 0 Å². The van der Waals surface area contributed by atoms with Crippen molar-refractivity contribution < 1.29 is 14.3 Å². The Balaban J connectivity index is 2.16. The first-order valence-electron chi connectivity index (χ1n) is 9.27. The number of benzene rings is 2. The van der Waals surface area contributed by atoms with Crippen molar-refractivity contribution in [1.29, 1.82) is 5.26 Å². The van der Waals surface area contributed by atoms with Crippen molar-refractivity contribution in [3.8, 4) is 6.07 Å². The zero-order valence-corrected chi connectivity index (χ0v) is 16.4. The second-order valence-electron chi connectivity index (χ2n) is 7.67. The average Bonchev–Trinajstić information content (AvgIpc) is 3.03. The van der Waals surface area contributed by atoms with Gasteiger partial charge in [0, 0.05) is 6.54 Å². The maximum Gasteiger partial charge on any atom is 0.333 e. The van der Waals surface area contributed by atoms with Gasteiger partial charge in [0.05, 0.1) is 24.5 Å². The van der Waals surface area contributed by atoms with Crippen LogP contribution >= 0.6 is 0 Å². The van der Waals surface area contributed by atoms with Crippen LogP contribution in [-0.4, -0.2) is 29.4 Å². The molecule has 2 atom stereocenters. The minimum absolute atomic E-state index is 0.163. The van der Waals surface area contributed by atoms with Crippen LogP contribution < -0.4 is 0 Å². The molecule has 0 spiro atoms. The first kappa shape index (κ1) is 19.6. The van der Waals surface area contributed by atoms with Gasteiger partial charge in [-0.05, 0) is 31.4 Å². The Morgan fingerprint density at radius 3 is 2.29 bits per heavy atom. The maximum atomic E-state index is 13.5. The highest BCUT2D eigenvalue weighted by molar-refractivity contribution is 5.96. The number of esters is 1. The Bertz CT molecular complexity index is 902. The van der Waals surface area contributed by atoms with E-state index in [4.69, 9.17) is 4.74 Å². The molecule has 3 rings (SSSR count). The van der Waals surface area contributed by atoms with Crippen LogP contribution in [-0.2, 0) is 20.9 Å². The summed E-state index contributed by atoms with van der Waals surface area (Å²) in [6.07, 6.45) is 0.204. The highest BCUT2D eigenvalue weighted by Gasteiger charge is 2.64. The molecule has 0 N–H and O–H groups in total. The summed E-state index contributed by atoms with van der Waals surface area (Å²) in [4.78, 5) is 28.2. The summed E-state index contributed by atoms with van der Waals surface area (Å²) in [7, 11) is 1.30. The number of nitriles is 1. The number of nitrogens with zero attached hydrogens (tertiary/aromatic N) is 2. The first-order chi connectivity index (χ1) is 13.4. The third-order valence-electron chi connectivity index (χ3n) is 5.75. The van der Waals surface area contributed by atoms with E-state index in [9.17, 15) is 14.9 Å². The van der Waals surface area contributed by atoms with E-state index >= 15 is 0 Å². The number of rotatable bonds is 5. The molecular formula is C23H24N2O3. The number of methoxy groups -OCH3 is 1. The lowest BCUT2D eigenvalue weighted by atomic mass is 9.69. The smallest absolute Gasteiger partial charge is 0.333 e. The van der Waals surface area contributed by atoms with E-state index < -0.39 is 22.8 Å². The molecule has 144 valence electrons. The number of likely N-dealkylation sites (tertiary alicyclic amines) is 1. The van der Waals surface area contributed by atoms with E-state index in [2.05, 4.69) is 6.07 Å². The predicted molar refractivity (Wildman–Crippen MR) is 105 cm³/mol. The molecule has 2 aromatic carbocycles. The van der Waals surface area contributed by atoms with Crippen LogP contribution in [0.15, 0.2) is 60.7 Å². The fourth-order valence-electron chi connectivity index (χ4n) is 4.10. The van der Waals surface area contributed by atoms with Crippen molar-refractivity contribution in [2.45, 2.75) is 38.3 Å². The highest BCUT2D eigenvalue weighted by Crippen LogP contribution is 2.50. The average molecular weight is 376 g/mol. The number of amides is 1. The molecule has 0 aliphatic carbocycles. The van der Waals surface area contributed by atoms with Crippen LogP contribution in [0, 0.1) is 16.7 Å². The molecule has 0 aromatic heterocycles. The van der Waals surface area contributed by atoms with Crippen molar-refractivity contribution in [3.63, 3.8) is 0 Å². The van der Waals surface area contributed by atoms with Gasteiger partial charge in [-0.2, -0.15) is 5.26 Å². The van der Waals surface area contributed by atoms with Gasteiger partial charge < -0.3 is 9.64 Å². The van der Waals surface area contributed by atoms with Crippen LogP contribution in [0.4, 0.5) is 0 Å². The molecule has 1 fully saturated rings. The predicted octanol–water partition coefficient (Wildman–Crippen LogP) is 3.66. The summed E-state index contributed by atoms with van der Waals surface area (Å²) in [5.74, 6) is -1.22. The van der Waals surface area contributed by atoms with Gasteiger partial charge >= 0.3 is 5.97 Å². The van der Waals surface area contributed by atoms with Gasteiger partial charge in [-0.25, -0.2) is 4.79 Å². The molecule has 0 bridgehead atoms. The molecule has 5 nitrogen and oxygen atoms in total. The van der Waals surface area contributed by atoms with Gasteiger partial charge in [0.2, 0.25) is 5.91 Å². The van der Waals surface area contributed by atoms with E-state index in [-0.39, 0.29) is 18.9 Å². The number of carbonyl (C=O) groups excluding carboxylic acids is 2. The Morgan fingerprint density at radius 1 is 1.18 bits per heavy atom. The molecule has 1 aliphatic rings. The van der Waals surface area contributed by atoms with E-state index in [1.807, 2.05) is 60.7 Å². The second-order valence-corrected chi connectivity index (χ2v) is 7.67. The maximum absolute atomic E-state index is 13.5. The van der Waals surface area contributed by atoms with Gasteiger partial charge in [0.15, 0.2) is 5.54 Å². The lowest BCUT2D eigenvalue weighted by Crippen LogP contribution is -2.60. The highest BCUT2D eigenvalue weighted by atomic mass is 16.5. The molecule has 0 radical (unpaired) electrons. The topological polar surface area (TPSA) is 70.4 Å². The van der Waals surface area contributed by atoms with E-state index in [0.717, 1.165) is 11.1 Å². The van der Waals surface area contributed by atoms with Crippen LogP contribution in [0.1, 0.15) is 37.3 Å². The molecule has 5 heteroatoms. The number of carbonyl (C=O) groups is 2. The molecule has 1 saturated heterocycles. The standard InChI is InChI=1S/C23H24N2O3/c1-22(2,16-24)23(21(27)28-3)14-19(18-12-8-5-9-13-18)20(26)25(23)15-17-10-6-4-7-11-17/h4-13,19H,14-15H2,1-3H3. The normalized spacial score (nSPS) is 22.0. The Kier molecular flexibility index (Phi) is 5.24. The molecule has 1 heterocycles. The third-order valence-corrected chi connectivity index (χ3v) is 5.75. The van der Waals surface area contributed by atoms with Gasteiger partial charge in [0.25, 0.3) is 0 Å². The van der Waals surface area contributed by atoms with E-state index in [1.165, 1.54) is 7.11 Å². The third kappa shape index (κ3) is 3.05. The van der Waals surface area contributed by atoms with Crippen LogP contribution in [0.5, 0.6) is 0 Å². The van der Waals surface area contributed by atoms with Crippen molar-refractivity contribution in [3.05, 3.63) is 71.8 Å². The lowest BCUT2D eigenvalue weighted by Gasteiger charge is -2.43. The quantitative estimate of drug-likeness (QED) is 0.747. The Hall–Kier alpha value is -3.13. The molecule has 28 heavy (non-hydrogen) atoms. The molecule has 1 amide bonds. The number of ether oxygens (including phenoxy) is 1.